The van der Waals surface area contributed by atoms with Crippen molar-refractivity contribution in [3.05, 3.63) is 0 Å². The Hall–Kier alpha value is -1.20. The second-order valence-electron chi connectivity index (χ2n) is 31.8. The van der Waals surface area contributed by atoms with Crippen LogP contribution >= 0.6 is 0 Å². The van der Waals surface area contributed by atoms with Crippen LogP contribution in [-0.4, -0.2) is 396 Å². The van der Waals surface area contributed by atoms with Crippen molar-refractivity contribution < 1.29 is 203 Å². The standard InChI is InChI=1S/C68H114IO37/c1-7-36-63(4)10-9-11-64(5,65(63,6)12-13-66(36,8-2)25-69-95-24-35-53(103-58-50(87)48(85)42(79)31(18-72)100-58)27-14-67(56(27)90,37(20-74)99-35)93-22-33-44(81)46(83)40(77)29(16-70)97-33)62(92)106-61-54(104-60-52(89)55(39(76)26(3)96-60)105-59-51(88)49(86)43(80)32(19-73)101-59)28-15-68(57(28)91,38(21-75)102-61)94-23-34-45(82)47(84)41(78)30(17-71)98-34/h26-61,70-91H,7-25H2,1-6H3/q-1/t26?,27?,28?,29?,30?,31?,32?,33-,34-,35-,36-,37?,38?,39?,40+,41+,42+,43+,44?,45?,46?,47?,48?,49?,50?,51?,52+,53?,54?,55?,56-,57-,58-,59-,60-,61-,63-,64-,65?,66-,67?,68?/m0/s1. The number of halogens is 1. The molecule has 0 aromatic carbocycles. The number of esters is 1. The molecule has 13 rings (SSSR count). The van der Waals surface area contributed by atoms with Crippen LogP contribution in [0.2, 0.25) is 0 Å². The molecular weight excluding hydrogens is 1540 g/mol. The Bertz CT molecular complexity index is 2860. The fourth-order valence-corrected chi connectivity index (χ4v) is 22.5. The average Bonchev–Trinajstić information content (AvgIpc) is 0.752. The second-order valence-corrected chi connectivity index (χ2v) is 33.8. The first kappa shape index (κ1) is 85.7. The molecule has 42 atom stereocenters. The van der Waals surface area contributed by atoms with Crippen molar-refractivity contribution in [2.75, 3.05) is 63.9 Å². The van der Waals surface area contributed by atoms with Crippen LogP contribution in [0, 0.1) is 39.4 Å². The van der Waals surface area contributed by atoms with E-state index in [2.05, 4.69) is 27.7 Å². The minimum atomic E-state index is -2.03. The molecular formula is C68H114IO37-. The van der Waals surface area contributed by atoms with Gasteiger partial charge in [-0.25, -0.2) is 0 Å². The summed E-state index contributed by atoms with van der Waals surface area (Å²) in [5.74, 6) is -2.95. The number of hydrogen-bond acceptors (Lipinski definition) is 37. The van der Waals surface area contributed by atoms with E-state index in [1.165, 1.54) is 6.92 Å². The molecule has 9 heterocycles. The van der Waals surface area contributed by atoms with E-state index < -0.39 is 327 Å². The van der Waals surface area contributed by atoms with Crippen molar-refractivity contribution in [2.45, 2.75) is 313 Å². The number of alkyl halides is 1. The molecule has 616 valence electrons. The zero-order valence-corrected chi connectivity index (χ0v) is 62.2. The van der Waals surface area contributed by atoms with Gasteiger partial charge in [-0.15, -0.1) is 0 Å². The summed E-state index contributed by atoms with van der Waals surface area (Å²) in [6, 6.07) is 0. The Morgan fingerprint density at radius 3 is 1.35 bits per heavy atom. The number of ether oxygens (including phenoxy) is 13. The molecule has 4 saturated carbocycles. The van der Waals surface area contributed by atoms with E-state index in [-0.39, 0.29) is 25.4 Å². The van der Waals surface area contributed by atoms with Gasteiger partial charge in [-0.05, 0) is 6.92 Å². The molecule has 37 nitrogen and oxygen atoms in total. The third-order valence-electron chi connectivity index (χ3n) is 26.7. The SMILES string of the molecule is CC[C@@H]1[C@](CC)(C[I-]OC[C@@H]2OC(CO)C3(OC[C@@H]4OC(CO)[C@@H](O)C(O)C4O)CC(C2O[C@@H]2OC(CO)[C@@H](O)C(O)C2O)[C@@H]3O)CCC2(C)[C@](C)(C(=O)O[C@@H]3OC(CO)C4(OC[C@@H]5OC(CO)[C@@H](O)C(O)C5O)CC(C3O[C@@H]3OC(C)C(O)C(O[C@@H]5OC(CO)[C@@H](O)C(O)C5O)[C@H]3O)[C@@H]4O)CCC[C@@]12C. The second kappa shape index (κ2) is 33.9. The molecule has 9 saturated heterocycles. The van der Waals surface area contributed by atoms with Crippen molar-refractivity contribution in [1.29, 1.82) is 0 Å². The first-order valence-electron chi connectivity index (χ1n) is 37.0. The van der Waals surface area contributed by atoms with E-state index in [0.717, 1.165) is 0 Å². The van der Waals surface area contributed by atoms with Gasteiger partial charge >= 0.3 is 418 Å². The quantitative estimate of drug-likeness (QED) is 0.0157. The number of carbonyl (C=O) groups is 1. The van der Waals surface area contributed by atoms with E-state index in [0.29, 0.717) is 49.4 Å². The van der Waals surface area contributed by atoms with E-state index in [1.54, 1.807) is 0 Å². The van der Waals surface area contributed by atoms with Crippen LogP contribution in [0.1, 0.15) is 99.3 Å². The summed E-state index contributed by atoms with van der Waals surface area (Å²) in [5.41, 5.74) is -6.88. The van der Waals surface area contributed by atoms with Crippen LogP contribution in [0.3, 0.4) is 0 Å². The molecule has 0 aromatic heterocycles. The van der Waals surface area contributed by atoms with Gasteiger partial charge in [0.1, 0.15) is 73.2 Å². The third-order valence-corrected chi connectivity index (χ3v) is 29.4. The Kier molecular flexibility index (Phi) is 27.4. The molecule has 0 spiro atoms. The Balaban J connectivity index is 0.832. The number of hydrogen-bond donors (Lipinski definition) is 22. The summed E-state index contributed by atoms with van der Waals surface area (Å²) >= 11 is -1.27. The van der Waals surface area contributed by atoms with Gasteiger partial charge in [0.05, 0.1) is 25.9 Å². The molecule has 4 bridgehead atoms. The van der Waals surface area contributed by atoms with Gasteiger partial charge in [-0.2, -0.15) is 0 Å². The van der Waals surface area contributed by atoms with E-state index in [4.69, 9.17) is 64.6 Å². The van der Waals surface area contributed by atoms with Crippen LogP contribution in [0.25, 0.3) is 0 Å². The summed E-state index contributed by atoms with van der Waals surface area (Å²) in [4.78, 5) is 16.0. The maximum atomic E-state index is 16.0. The normalized spacial score (nSPS) is 54.0. The maximum absolute atomic E-state index is 16.0. The fraction of sp³-hybridized carbons (Fsp3) is 0.985. The van der Waals surface area contributed by atoms with Crippen LogP contribution in [-0.2, 0) is 69.4 Å². The van der Waals surface area contributed by atoms with Crippen LogP contribution in [0.5, 0.6) is 0 Å². The Labute approximate surface area is 622 Å². The van der Waals surface area contributed by atoms with Crippen molar-refractivity contribution in [2.24, 2.45) is 39.4 Å². The molecule has 0 amide bonds. The van der Waals surface area contributed by atoms with Crippen molar-refractivity contribution in [3.63, 3.8) is 0 Å². The Morgan fingerprint density at radius 2 is 0.877 bits per heavy atom. The fourth-order valence-electron chi connectivity index (χ4n) is 19.6. The molecule has 106 heavy (non-hydrogen) atoms. The first-order valence-corrected chi connectivity index (χ1v) is 39.4. The van der Waals surface area contributed by atoms with E-state index in [1.807, 2.05) is 6.92 Å². The predicted molar refractivity (Wildman–Crippen MR) is 344 cm³/mol. The average molecular weight is 1650 g/mol. The number of aliphatic hydroxyl groups excluding tert-OH is 22. The van der Waals surface area contributed by atoms with Gasteiger partial charge in [0, 0.05) is 0 Å². The number of carbonyl (C=O) groups excluding carboxylic acids is 1. The van der Waals surface area contributed by atoms with Gasteiger partial charge in [0.15, 0.2) is 6.29 Å². The molecule has 4 aliphatic carbocycles. The zero-order chi connectivity index (χ0) is 77.4. The molecule has 9 aliphatic heterocycles. The molecule has 13 aliphatic rings. The van der Waals surface area contributed by atoms with Crippen molar-refractivity contribution in [3.8, 4) is 0 Å². The van der Waals surface area contributed by atoms with Gasteiger partial charge in [0.2, 0.25) is 0 Å². The number of fused-ring (bicyclic) bond motifs is 7. The number of rotatable bonds is 27. The molecule has 0 radical (unpaired) electrons. The summed E-state index contributed by atoms with van der Waals surface area (Å²) in [5, 5.41) is 239. The summed E-state index contributed by atoms with van der Waals surface area (Å²) in [6.45, 7) is 5.50. The molecule has 24 unspecified atom stereocenters. The zero-order valence-electron chi connectivity index (χ0n) is 60.1. The predicted octanol–water partition coefficient (Wildman–Crippen LogP) is -12.4. The Morgan fingerprint density at radius 1 is 0.434 bits per heavy atom. The van der Waals surface area contributed by atoms with Gasteiger partial charge in [-0.1, -0.05) is 0 Å². The molecule has 13 fully saturated rings. The van der Waals surface area contributed by atoms with Gasteiger partial charge in [-0.3, -0.25) is 0 Å². The molecule has 22 N–H and O–H groups in total. The summed E-state index contributed by atoms with van der Waals surface area (Å²) in [6.07, 6.45) is -50.4. The summed E-state index contributed by atoms with van der Waals surface area (Å²) in [7, 11) is 0. The molecule has 0 aromatic rings. The van der Waals surface area contributed by atoms with E-state index >= 15 is 4.79 Å². The van der Waals surface area contributed by atoms with Crippen molar-refractivity contribution >= 4 is 5.97 Å². The van der Waals surface area contributed by atoms with Crippen LogP contribution < -0.4 is 21.6 Å². The first-order chi connectivity index (χ1) is 50.2. The third kappa shape index (κ3) is 14.7. The topological polar surface area (TPSA) is 591 Å². The van der Waals surface area contributed by atoms with E-state index in [9.17, 15) is 112 Å². The van der Waals surface area contributed by atoms with Gasteiger partial charge in [0.25, 0.3) is 0 Å². The van der Waals surface area contributed by atoms with Crippen LogP contribution in [0.4, 0.5) is 0 Å². The minimum absolute atomic E-state index is 0.0898. The van der Waals surface area contributed by atoms with Crippen LogP contribution in [0.15, 0.2) is 0 Å². The summed E-state index contributed by atoms with van der Waals surface area (Å²) < 4.78 is 87.5. The number of aliphatic hydroxyl groups is 22. The molecule has 38 heteroatoms. The van der Waals surface area contributed by atoms with Crippen molar-refractivity contribution in [1.82, 2.24) is 0 Å². The monoisotopic (exact) mass is 1650 g/mol. The van der Waals surface area contributed by atoms with Gasteiger partial charge < -0.3 is 95.2 Å².